The van der Waals surface area contributed by atoms with Gasteiger partial charge in [-0.2, -0.15) is 0 Å². The quantitative estimate of drug-likeness (QED) is 0.875. The SMILES string of the molecule is CC(NC1=NC(C)C(C)CS1)c1cccnc1. The topological polar surface area (TPSA) is 37.3 Å². The maximum atomic E-state index is 4.68. The van der Waals surface area contributed by atoms with Gasteiger partial charge in [-0.05, 0) is 31.4 Å². The summed E-state index contributed by atoms with van der Waals surface area (Å²) in [5, 5.41) is 4.52. The smallest absolute Gasteiger partial charge is 0.157 e. The highest BCUT2D eigenvalue weighted by Crippen LogP contribution is 2.23. The van der Waals surface area contributed by atoms with Gasteiger partial charge in [0.15, 0.2) is 5.17 Å². The summed E-state index contributed by atoms with van der Waals surface area (Å²) < 4.78 is 0. The zero-order valence-electron chi connectivity index (χ0n) is 10.6. The molecule has 1 N–H and O–H groups in total. The molecule has 1 aromatic rings. The fourth-order valence-corrected chi connectivity index (χ4v) is 2.88. The van der Waals surface area contributed by atoms with E-state index in [0.29, 0.717) is 12.0 Å². The number of amidine groups is 1. The van der Waals surface area contributed by atoms with Crippen molar-refractivity contribution in [3.63, 3.8) is 0 Å². The molecule has 2 rings (SSSR count). The molecule has 3 unspecified atom stereocenters. The maximum absolute atomic E-state index is 4.68. The lowest BCUT2D eigenvalue weighted by atomic mass is 10.1. The largest absolute Gasteiger partial charge is 0.358 e. The fraction of sp³-hybridized carbons (Fsp3) is 0.538. The Balaban J connectivity index is 2.00. The first kappa shape index (κ1) is 12.4. The van der Waals surface area contributed by atoms with Crippen LogP contribution in [-0.4, -0.2) is 21.9 Å². The predicted octanol–water partition coefficient (Wildman–Crippen LogP) is 2.86. The molecule has 0 bridgehead atoms. The Morgan fingerprint density at radius 3 is 2.94 bits per heavy atom. The van der Waals surface area contributed by atoms with Crippen LogP contribution in [0.1, 0.15) is 32.4 Å². The van der Waals surface area contributed by atoms with Crippen LogP contribution in [0.3, 0.4) is 0 Å². The molecule has 1 aliphatic rings. The fourth-order valence-electron chi connectivity index (χ4n) is 1.68. The summed E-state index contributed by atoms with van der Waals surface area (Å²) in [7, 11) is 0. The number of nitrogens with zero attached hydrogens (tertiary/aromatic N) is 2. The molecule has 0 saturated heterocycles. The van der Waals surface area contributed by atoms with Gasteiger partial charge in [-0.1, -0.05) is 24.8 Å². The van der Waals surface area contributed by atoms with Crippen molar-refractivity contribution >= 4 is 16.9 Å². The molecule has 0 aliphatic carbocycles. The Kier molecular flexibility index (Phi) is 4.05. The summed E-state index contributed by atoms with van der Waals surface area (Å²) in [5.41, 5.74) is 1.20. The summed E-state index contributed by atoms with van der Waals surface area (Å²) in [4.78, 5) is 8.82. The number of thioether (sulfide) groups is 1. The van der Waals surface area contributed by atoms with Gasteiger partial charge in [-0.25, -0.2) is 0 Å². The van der Waals surface area contributed by atoms with Crippen LogP contribution < -0.4 is 5.32 Å². The van der Waals surface area contributed by atoms with E-state index in [4.69, 9.17) is 0 Å². The molecular formula is C13H19N3S. The van der Waals surface area contributed by atoms with Crippen molar-refractivity contribution in [2.45, 2.75) is 32.9 Å². The van der Waals surface area contributed by atoms with E-state index in [2.05, 4.69) is 42.1 Å². The van der Waals surface area contributed by atoms with E-state index in [-0.39, 0.29) is 6.04 Å². The number of nitrogens with one attached hydrogen (secondary N) is 1. The number of aliphatic imine (C=N–C) groups is 1. The van der Waals surface area contributed by atoms with Gasteiger partial charge in [0.2, 0.25) is 0 Å². The lowest BCUT2D eigenvalue weighted by Crippen LogP contribution is -2.31. The minimum atomic E-state index is 0.260. The van der Waals surface area contributed by atoms with Crippen LogP contribution in [0.2, 0.25) is 0 Å². The number of rotatable bonds is 2. The van der Waals surface area contributed by atoms with Gasteiger partial charge in [-0.3, -0.25) is 9.98 Å². The monoisotopic (exact) mass is 249 g/mol. The van der Waals surface area contributed by atoms with Crippen LogP contribution in [0.5, 0.6) is 0 Å². The van der Waals surface area contributed by atoms with Gasteiger partial charge in [-0.15, -0.1) is 0 Å². The molecule has 17 heavy (non-hydrogen) atoms. The summed E-state index contributed by atoms with van der Waals surface area (Å²) >= 11 is 1.82. The molecule has 0 saturated carbocycles. The molecule has 1 aromatic heterocycles. The molecule has 3 nitrogen and oxygen atoms in total. The lowest BCUT2D eigenvalue weighted by Gasteiger charge is -2.25. The molecule has 0 aromatic carbocycles. The van der Waals surface area contributed by atoms with Gasteiger partial charge in [0.1, 0.15) is 0 Å². The summed E-state index contributed by atoms with van der Waals surface area (Å²) in [6, 6.07) is 4.73. The second-order valence-corrected chi connectivity index (χ2v) is 5.62. The van der Waals surface area contributed by atoms with Gasteiger partial charge >= 0.3 is 0 Å². The maximum Gasteiger partial charge on any atom is 0.157 e. The number of hydrogen-bond acceptors (Lipinski definition) is 4. The van der Waals surface area contributed by atoms with E-state index in [1.54, 1.807) is 6.20 Å². The number of pyridine rings is 1. The summed E-state index contributed by atoms with van der Waals surface area (Å²) in [6.07, 6.45) is 3.70. The third-order valence-corrected chi connectivity index (χ3v) is 4.34. The van der Waals surface area contributed by atoms with Crippen LogP contribution in [0, 0.1) is 5.92 Å². The molecule has 92 valence electrons. The van der Waals surface area contributed by atoms with Crippen molar-refractivity contribution < 1.29 is 0 Å². The van der Waals surface area contributed by atoms with E-state index in [9.17, 15) is 0 Å². The Bertz CT molecular complexity index is 391. The second kappa shape index (κ2) is 5.54. The van der Waals surface area contributed by atoms with E-state index >= 15 is 0 Å². The van der Waals surface area contributed by atoms with E-state index < -0.39 is 0 Å². The summed E-state index contributed by atoms with van der Waals surface area (Å²) in [5.74, 6) is 1.81. The summed E-state index contributed by atoms with van der Waals surface area (Å²) in [6.45, 7) is 6.58. The van der Waals surface area contributed by atoms with Crippen LogP contribution in [0.4, 0.5) is 0 Å². The lowest BCUT2D eigenvalue weighted by molar-refractivity contribution is 0.532. The molecule has 0 amide bonds. The number of hydrogen-bond donors (Lipinski definition) is 1. The first-order chi connectivity index (χ1) is 8.16. The Hall–Kier alpha value is -1.03. The first-order valence-corrected chi connectivity index (χ1v) is 7.02. The van der Waals surface area contributed by atoms with Gasteiger partial charge < -0.3 is 5.32 Å². The highest BCUT2D eigenvalue weighted by Gasteiger charge is 2.20. The molecule has 1 aliphatic heterocycles. The van der Waals surface area contributed by atoms with Crippen molar-refractivity contribution in [2.24, 2.45) is 10.9 Å². The molecule has 4 heteroatoms. The van der Waals surface area contributed by atoms with Crippen LogP contribution in [-0.2, 0) is 0 Å². The normalized spacial score (nSPS) is 26.2. The van der Waals surface area contributed by atoms with Crippen LogP contribution >= 0.6 is 11.8 Å². The van der Waals surface area contributed by atoms with Gasteiger partial charge in [0.05, 0.1) is 12.1 Å². The second-order valence-electron chi connectivity index (χ2n) is 4.62. The molecule has 0 radical (unpaired) electrons. The molecule has 3 atom stereocenters. The third-order valence-electron chi connectivity index (χ3n) is 3.15. The number of aromatic nitrogens is 1. The minimum Gasteiger partial charge on any atom is -0.358 e. The molecular weight excluding hydrogens is 230 g/mol. The average Bonchev–Trinajstić information content (AvgIpc) is 2.35. The van der Waals surface area contributed by atoms with Crippen molar-refractivity contribution in [1.29, 1.82) is 0 Å². The van der Waals surface area contributed by atoms with Gasteiger partial charge in [0.25, 0.3) is 0 Å². The van der Waals surface area contributed by atoms with Crippen LogP contribution in [0.25, 0.3) is 0 Å². The third kappa shape index (κ3) is 3.22. The zero-order chi connectivity index (χ0) is 12.3. The highest BCUT2D eigenvalue weighted by molar-refractivity contribution is 8.13. The standard InChI is InChI=1S/C13H19N3S/c1-9-8-17-13(15-10(9)2)16-11(3)12-5-4-6-14-7-12/h4-7,9-11H,8H2,1-3H3,(H,15,16). The van der Waals surface area contributed by atoms with E-state index in [1.165, 1.54) is 5.56 Å². The van der Waals surface area contributed by atoms with Crippen molar-refractivity contribution in [3.8, 4) is 0 Å². The predicted molar refractivity (Wildman–Crippen MR) is 74.3 cm³/mol. The molecule has 0 fully saturated rings. The van der Waals surface area contributed by atoms with Crippen LogP contribution in [0.15, 0.2) is 29.5 Å². The van der Waals surface area contributed by atoms with Crippen molar-refractivity contribution in [3.05, 3.63) is 30.1 Å². The van der Waals surface area contributed by atoms with E-state index in [0.717, 1.165) is 10.9 Å². The zero-order valence-corrected chi connectivity index (χ0v) is 11.4. The molecule has 2 heterocycles. The average molecular weight is 249 g/mol. The molecule has 0 spiro atoms. The highest BCUT2D eigenvalue weighted by atomic mass is 32.2. The van der Waals surface area contributed by atoms with E-state index in [1.807, 2.05) is 24.0 Å². The minimum absolute atomic E-state index is 0.260. The van der Waals surface area contributed by atoms with Gasteiger partial charge in [0, 0.05) is 18.1 Å². The van der Waals surface area contributed by atoms with Crippen molar-refractivity contribution in [1.82, 2.24) is 10.3 Å². The Morgan fingerprint density at radius 1 is 1.47 bits per heavy atom. The Labute approximate surface area is 107 Å². The Morgan fingerprint density at radius 2 is 2.29 bits per heavy atom. The van der Waals surface area contributed by atoms with Crippen molar-refractivity contribution in [2.75, 3.05) is 5.75 Å². The first-order valence-electron chi connectivity index (χ1n) is 6.04.